The predicted octanol–water partition coefficient (Wildman–Crippen LogP) is 4.87. The molecule has 0 saturated carbocycles. The van der Waals surface area contributed by atoms with Gasteiger partial charge in [0.05, 0.1) is 30.4 Å². The first-order chi connectivity index (χ1) is 15.3. The second kappa shape index (κ2) is 8.36. The van der Waals surface area contributed by atoms with Gasteiger partial charge in [-0.25, -0.2) is 9.97 Å². The highest BCUT2D eigenvalue weighted by atomic mass is 16.5. The predicted molar refractivity (Wildman–Crippen MR) is 120 cm³/mol. The molecule has 0 aliphatic carbocycles. The van der Waals surface area contributed by atoms with Crippen molar-refractivity contribution in [3.8, 4) is 22.8 Å². The minimum absolute atomic E-state index is 0.482. The molecule has 0 aliphatic heterocycles. The van der Waals surface area contributed by atoms with Gasteiger partial charge in [-0.2, -0.15) is 0 Å². The summed E-state index contributed by atoms with van der Waals surface area (Å²) in [5.41, 5.74) is 4.57. The summed E-state index contributed by atoms with van der Waals surface area (Å²) in [5.74, 6) is 1.29. The third kappa shape index (κ3) is 3.88. The van der Waals surface area contributed by atoms with E-state index in [9.17, 15) is 0 Å². The quantitative estimate of drug-likeness (QED) is 0.399. The molecule has 0 fully saturated rings. The summed E-state index contributed by atoms with van der Waals surface area (Å²) >= 11 is 0. The largest absolute Gasteiger partial charge is 0.493 e. The summed E-state index contributed by atoms with van der Waals surface area (Å²) in [6, 6.07) is 19.9. The molecule has 6 nitrogen and oxygen atoms in total. The average molecular weight is 408 g/mol. The summed E-state index contributed by atoms with van der Waals surface area (Å²) in [4.78, 5) is 17.7. The molecule has 0 N–H and O–H groups in total. The SMILES string of the molecule is COc1cc2c(-c3ccncc3)ncnc2cc1OCCc1ccc2ccccc2n1. The average Bonchev–Trinajstić information content (AvgIpc) is 2.83. The lowest BCUT2D eigenvalue weighted by Gasteiger charge is -2.13. The Morgan fingerprint density at radius 3 is 2.58 bits per heavy atom. The molecule has 31 heavy (non-hydrogen) atoms. The molecule has 3 heterocycles. The molecular weight excluding hydrogens is 388 g/mol. The first kappa shape index (κ1) is 18.9. The maximum atomic E-state index is 6.06. The molecule has 152 valence electrons. The van der Waals surface area contributed by atoms with Crippen LogP contribution in [-0.4, -0.2) is 33.7 Å². The Morgan fingerprint density at radius 2 is 1.71 bits per heavy atom. The van der Waals surface area contributed by atoms with E-state index in [1.807, 2.05) is 48.5 Å². The molecule has 0 spiro atoms. The van der Waals surface area contributed by atoms with Crippen LogP contribution in [0.4, 0.5) is 0 Å². The van der Waals surface area contributed by atoms with Gasteiger partial charge in [0.15, 0.2) is 11.5 Å². The molecule has 0 radical (unpaired) electrons. The van der Waals surface area contributed by atoms with Gasteiger partial charge in [0.2, 0.25) is 0 Å². The Morgan fingerprint density at radius 1 is 0.839 bits per heavy atom. The number of benzene rings is 2. The molecule has 0 unspecified atom stereocenters. The van der Waals surface area contributed by atoms with Crippen LogP contribution in [0.25, 0.3) is 33.1 Å². The number of rotatable bonds is 6. The zero-order valence-corrected chi connectivity index (χ0v) is 17.0. The van der Waals surface area contributed by atoms with Crippen molar-refractivity contribution >= 4 is 21.8 Å². The summed E-state index contributed by atoms with van der Waals surface area (Å²) < 4.78 is 11.7. The number of nitrogens with zero attached hydrogens (tertiary/aromatic N) is 4. The van der Waals surface area contributed by atoms with Gasteiger partial charge in [-0.05, 0) is 30.3 Å². The Labute approximate surface area is 179 Å². The summed E-state index contributed by atoms with van der Waals surface area (Å²) in [5, 5.41) is 2.03. The van der Waals surface area contributed by atoms with Crippen LogP contribution < -0.4 is 9.47 Å². The summed E-state index contributed by atoms with van der Waals surface area (Å²) in [7, 11) is 1.63. The third-order valence-corrected chi connectivity index (χ3v) is 5.15. The molecule has 5 aromatic rings. The molecule has 0 bridgehead atoms. The van der Waals surface area contributed by atoms with Crippen molar-refractivity contribution in [3.05, 3.63) is 85.1 Å². The van der Waals surface area contributed by atoms with Crippen LogP contribution in [-0.2, 0) is 6.42 Å². The minimum atomic E-state index is 0.482. The van der Waals surface area contributed by atoms with Gasteiger partial charge in [0.25, 0.3) is 0 Å². The zero-order chi connectivity index (χ0) is 21.0. The molecule has 6 heteroatoms. The van der Waals surface area contributed by atoms with E-state index in [0.29, 0.717) is 24.5 Å². The van der Waals surface area contributed by atoms with Crippen molar-refractivity contribution in [1.29, 1.82) is 0 Å². The van der Waals surface area contributed by atoms with E-state index >= 15 is 0 Å². The van der Waals surface area contributed by atoms with E-state index < -0.39 is 0 Å². The first-order valence-corrected chi connectivity index (χ1v) is 10.0. The Kier molecular flexibility index (Phi) is 5.10. The van der Waals surface area contributed by atoms with Gasteiger partial charge in [-0.3, -0.25) is 9.97 Å². The number of para-hydroxylation sites is 1. The van der Waals surface area contributed by atoms with Crippen LogP contribution in [0.3, 0.4) is 0 Å². The third-order valence-electron chi connectivity index (χ3n) is 5.15. The van der Waals surface area contributed by atoms with E-state index in [1.165, 1.54) is 0 Å². The molecule has 0 amide bonds. The van der Waals surface area contributed by atoms with Gasteiger partial charge < -0.3 is 9.47 Å². The van der Waals surface area contributed by atoms with Crippen LogP contribution in [0.5, 0.6) is 11.5 Å². The number of ether oxygens (including phenoxy) is 2. The fraction of sp³-hybridized carbons (Fsp3) is 0.120. The van der Waals surface area contributed by atoms with Crippen molar-refractivity contribution in [2.24, 2.45) is 0 Å². The smallest absolute Gasteiger partial charge is 0.163 e. The first-order valence-electron chi connectivity index (χ1n) is 10.0. The van der Waals surface area contributed by atoms with Gasteiger partial charge in [-0.1, -0.05) is 24.3 Å². The van der Waals surface area contributed by atoms with Gasteiger partial charge in [0, 0.05) is 46.9 Å². The van der Waals surface area contributed by atoms with Crippen molar-refractivity contribution < 1.29 is 9.47 Å². The van der Waals surface area contributed by atoms with Crippen molar-refractivity contribution in [2.45, 2.75) is 6.42 Å². The Hall–Kier alpha value is -4.06. The van der Waals surface area contributed by atoms with E-state index in [4.69, 9.17) is 14.5 Å². The molecule has 0 atom stereocenters. The van der Waals surface area contributed by atoms with E-state index in [-0.39, 0.29) is 0 Å². The Balaban J connectivity index is 1.40. The second-order valence-corrected chi connectivity index (χ2v) is 7.07. The monoisotopic (exact) mass is 408 g/mol. The van der Waals surface area contributed by atoms with Crippen molar-refractivity contribution in [2.75, 3.05) is 13.7 Å². The molecule has 3 aromatic heterocycles. The van der Waals surface area contributed by atoms with Gasteiger partial charge >= 0.3 is 0 Å². The number of fused-ring (bicyclic) bond motifs is 2. The standard InChI is InChI=1S/C25H20N4O2/c1-30-23-14-20-22(27-16-28-25(20)18-8-11-26-12-9-18)15-24(23)31-13-10-19-7-6-17-4-2-3-5-21(17)29-19/h2-9,11-12,14-16H,10,13H2,1H3. The summed E-state index contributed by atoms with van der Waals surface area (Å²) in [6.07, 6.45) is 5.75. The van der Waals surface area contributed by atoms with Gasteiger partial charge in [-0.15, -0.1) is 0 Å². The summed E-state index contributed by atoms with van der Waals surface area (Å²) in [6.45, 7) is 0.482. The molecule has 0 aliphatic rings. The number of methoxy groups -OCH3 is 1. The van der Waals surface area contributed by atoms with Crippen LogP contribution in [0.1, 0.15) is 5.69 Å². The molecule has 0 saturated heterocycles. The molecular formula is C25H20N4O2. The highest BCUT2D eigenvalue weighted by Gasteiger charge is 2.13. The minimum Gasteiger partial charge on any atom is -0.493 e. The molecule has 2 aromatic carbocycles. The lowest BCUT2D eigenvalue weighted by Crippen LogP contribution is -2.04. The fourth-order valence-corrected chi connectivity index (χ4v) is 3.59. The normalized spacial score (nSPS) is 11.0. The van der Waals surface area contributed by atoms with Crippen molar-refractivity contribution in [1.82, 2.24) is 19.9 Å². The lowest BCUT2D eigenvalue weighted by molar-refractivity contribution is 0.297. The number of hydrogen-bond acceptors (Lipinski definition) is 6. The highest BCUT2D eigenvalue weighted by molar-refractivity contribution is 5.94. The Bertz CT molecular complexity index is 1360. The molecule has 5 rings (SSSR count). The topological polar surface area (TPSA) is 70.0 Å². The highest BCUT2D eigenvalue weighted by Crippen LogP contribution is 2.35. The van der Waals surface area contributed by atoms with Crippen LogP contribution in [0.15, 0.2) is 79.4 Å². The van der Waals surface area contributed by atoms with Crippen LogP contribution >= 0.6 is 0 Å². The van der Waals surface area contributed by atoms with E-state index in [1.54, 1.807) is 25.8 Å². The maximum absolute atomic E-state index is 6.06. The number of pyridine rings is 2. The number of aromatic nitrogens is 4. The number of hydrogen-bond donors (Lipinski definition) is 0. The zero-order valence-electron chi connectivity index (χ0n) is 17.0. The van der Waals surface area contributed by atoms with Crippen molar-refractivity contribution in [3.63, 3.8) is 0 Å². The van der Waals surface area contributed by atoms with E-state index in [2.05, 4.69) is 27.1 Å². The van der Waals surface area contributed by atoms with Crippen LogP contribution in [0, 0.1) is 0 Å². The second-order valence-electron chi connectivity index (χ2n) is 7.07. The van der Waals surface area contributed by atoms with Gasteiger partial charge in [0.1, 0.15) is 6.33 Å². The van der Waals surface area contributed by atoms with E-state index in [0.717, 1.165) is 38.8 Å². The fourth-order valence-electron chi connectivity index (χ4n) is 3.59. The maximum Gasteiger partial charge on any atom is 0.163 e. The van der Waals surface area contributed by atoms with Crippen LogP contribution in [0.2, 0.25) is 0 Å². The lowest BCUT2D eigenvalue weighted by atomic mass is 10.1.